The summed E-state index contributed by atoms with van der Waals surface area (Å²) in [6, 6.07) is 1.67. The Morgan fingerprint density at radius 3 is 2.67 bits per heavy atom. The number of alkyl halides is 3. The fourth-order valence-electron chi connectivity index (χ4n) is 1.91. The molecule has 0 atom stereocenters. The first-order chi connectivity index (χ1) is 9.97. The normalized spacial score (nSPS) is 15.2. The Morgan fingerprint density at radius 2 is 2.10 bits per heavy atom. The fraction of sp³-hybridized carbons (Fsp3) is 0.462. The SMILES string of the molecule is CCNc1cc(-c2cnc(C(F)(F)F)s2)nc(C2CC2)n1. The quantitative estimate of drug-likeness (QED) is 0.929. The van der Waals surface area contributed by atoms with Gasteiger partial charge in [-0.25, -0.2) is 15.0 Å². The molecule has 1 fully saturated rings. The number of hydrogen-bond donors (Lipinski definition) is 1. The minimum atomic E-state index is -4.42. The minimum absolute atomic E-state index is 0.331. The van der Waals surface area contributed by atoms with E-state index in [1.54, 1.807) is 6.07 Å². The van der Waals surface area contributed by atoms with E-state index in [-0.39, 0.29) is 0 Å². The number of rotatable bonds is 4. The molecule has 8 heteroatoms. The summed E-state index contributed by atoms with van der Waals surface area (Å²) in [5.41, 5.74) is 0.496. The predicted molar refractivity (Wildman–Crippen MR) is 74.3 cm³/mol. The lowest BCUT2D eigenvalue weighted by Gasteiger charge is -2.07. The maximum absolute atomic E-state index is 12.6. The van der Waals surface area contributed by atoms with Gasteiger partial charge in [0.1, 0.15) is 11.6 Å². The van der Waals surface area contributed by atoms with E-state index in [1.165, 1.54) is 6.20 Å². The molecule has 0 radical (unpaired) electrons. The molecule has 1 aliphatic carbocycles. The van der Waals surface area contributed by atoms with Crippen LogP contribution in [-0.2, 0) is 6.18 Å². The van der Waals surface area contributed by atoms with Crippen molar-refractivity contribution in [3.05, 3.63) is 23.1 Å². The van der Waals surface area contributed by atoms with E-state index in [4.69, 9.17) is 0 Å². The van der Waals surface area contributed by atoms with E-state index >= 15 is 0 Å². The summed E-state index contributed by atoms with van der Waals surface area (Å²) in [5.74, 6) is 1.68. The standard InChI is InChI=1S/C13H13F3N4S/c1-2-17-10-5-8(19-11(20-10)7-3-4-7)9-6-18-12(21-9)13(14,15)16/h5-7H,2-4H2,1H3,(H,17,19,20). The second-order valence-corrected chi connectivity index (χ2v) is 5.86. The molecular weight excluding hydrogens is 301 g/mol. The van der Waals surface area contributed by atoms with Crippen LogP contribution in [0.25, 0.3) is 10.6 Å². The zero-order valence-electron chi connectivity index (χ0n) is 11.2. The maximum atomic E-state index is 12.6. The highest BCUT2D eigenvalue weighted by Crippen LogP contribution is 2.40. The molecule has 1 saturated carbocycles. The lowest BCUT2D eigenvalue weighted by Crippen LogP contribution is -2.03. The smallest absolute Gasteiger partial charge is 0.370 e. The number of nitrogens with zero attached hydrogens (tertiary/aromatic N) is 3. The molecule has 112 valence electrons. The lowest BCUT2D eigenvalue weighted by molar-refractivity contribution is -0.137. The Hall–Kier alpha value is -1.70. The molecule has 0 unspecified atom stereocenters. The van der Waals surface area contributed by atoms with Crippen LogP contribution < -0.4 is 5.32 Å². The van der Waals surface area contributed by atoms with Gasteiger partial charge in [-0.05, 0) is 19.8 Å². The molecule has 0 saturated heterocycles. The molecule has 2 aromatic heterocycles. The monoisotopic (exact) mass is 314 g/mol. The molecule has 0 aromatic carbocycles. The van der Waals surface area contributed by atoms with Crippen molar-refractivity contribution >= 4 is 17.2 Å². The zero-order valence-corrected chi connectivity index (χ0v) is 12.1. The van der Waals surface area contributed by atoms with Crippen LogP contribution in [0.3, 0.4) is 0 Å². The van der Waals surface area contributed by atoms with Crippen molar-refractivity contribution in [3.8, 4) is 10.6 Å². The van der Waals surface area contributed by atoms with Gasteiger partial charge in [0.25, 0.3) is 0 Å². The van der Waals surface area contributed by atoms with E-state index in [2.05, 4.69) is 20.3 Å². The van der Waals surface area contributed by atoms with Gasteiger partial charge in [-0.2, -0.15) is 13.2 Å². The first-order valence-electron chi connectivity index (χ1n) is 6.63. The van der Waals surface area contributed by atoms with Gasteiger partial charge in [-0.3, -0.25) is 0 Å². The first kappa shape index (κ1) is 14.2. The van der Waals surface area contributed by atoms with Crippen LogP contribution in [0.2, 0.25) is 0 Å². The van der Waals surface area contributed by atoms with Crippen molar-refractivity contribution in [2.45, 2.75) is 31.9 Å². The lowest BCUT2D eigenvalue weighted by atomic mass is 10.3. The molecule has 0 spiro atoms. The van der Waals surface area contributed by atoms with Gasteiger partial charge < -0.3 is 5.32 Å². The Bertz CT molecular complexity index is 649. The van der Waals surface area contributed by atoms with Crippen LogP contribution >= 0.6 is 11.3 Å². The molecule has 3 rings (SSSR count). The Morgan fingerprint density at radius 1 is 1.33 bits per heavy atom. The van der Waals surface area contributed by atoms with Crippen LogP contribution in [0.4, 0.5) is 19.0 Å². The van der Waals surface area contributed by atoms with Crippen LogP contribution in [0.5, 0.6) is 0 Å². The number of thiazole rings is 1. The number of nitrogens with one attached hydrogen (secondary N) is 1. The second-order valence-electron chi connectivity index (χ2n) is 4.83. The third-order valence-corrected chi connectivity index (χ3v) is 4.11. The van der Waals surface area contributed by atoms with Crippen LogP contribution in [0, 0.1) is 0 Å². The first-order valence-corrected chi connectivity index (χ1v) is 7.45. The van der Waals surface area contributed by atoms with Crippen molar-refractivity contribution < 1.29 is 13.2 Å². The summed E-state index contributed by atoms with van der Waals surface area (Å²) in [4.78, 5) is 12.7. The van der Waals surface area contributed by atoms with Gasteiger partial charge in [0, 0.05) is 24.7 Å². The van der Waals surface area contributed by atoms with E-state index in [0.717, 1.165) is 12.8 Å². The summed E-state index contributed by atoms with van der Waals surface area (Å²) in [6.07, 6.45) is -1.13. The average Bonchev–Trinajstić information content (AvgIpc) is 3.14. The van der Waals surface area contributed by atoms with E-state index in [0.29, 0.717) is 46.0 Å². The van der Waals surface area contributed by atoms with Gasteiger partial charge >= 0.3 is 6.18 Å². The van der Waals surface area contributed by atoms with Crippen molar-refractivity contribution in [1.29, 1.82) is 0 Å². The third kappa shape index (κ3) is 3.15. The molecule has 2 aromatic rings. The molecule has 4 nitrogen and oxygen atoms in total. The highest BCUT2D eigenvalue weighted by molar-refractivity contribution is 7.15. The van der Waals surface area contributed by atoms with Crippen molar-refractivity contribution in [2.75, 3.05) is 11.9 Å². The number of halogens is 3. The molecule has 0 amide bonds. The molecule has 1 aliphatic rings. The van der Waals surface area contributed by atoms with Crippen LogP contribution in [-0.4, -0.2) is 21.5 Å². The summed E-state index contributed by atoms with van der Waals surface area (Å²) in [5, 5.41) is 2.24. The highest BCUT2D eigenvalue weighted by Gasteiger charge is 2.35. The zero-order chi connectivity index (χ0) is 15.0. The van der Waals surface area contributed by atoms with E-state index in [1.807, 2.05) is 6.92 Å². The largest absolute Gasteiger partial charge is 0.443 e. The van der Waals surface area contributed by atoms with Gasteiger partial charge in [-0.1, -0.05) is 0 Å². The molecule has 1 N–H and O–H groups in total. The Balaban J connectivity index is 1.98. The Kier molecular flexibility index (Phi) is 3.56. The maximum Gasteiger partial charge on any atom is 0.443 e. The second kappa shape index (κ2) is 5.25. The summed E-state index contributed by atoms with van der Waals surface area (Å²) in [6.45, 7) is 2.63. The predicted octanol–water partition coefficient (Wildman–Crippen LogP) is 3.93. The highest BCUT2D eigenvalue weighted by atomic mass is 32.1. The molecule has 2 heterocycles. The number of aromatic nitrogens is 3. The summed E-state index contributed by atoms with van der Waals surface area (Å²) in [7, 11) is 0. The molecular formula is C13H13F3N4S. The van der Waals surface area contributed by atoms with Gasteiger partial charge in [0.15, 0.2) is 5.01 Å². The van der Waals surface area contributed by atoms with Crippen molar-refractivity contribution in [3.63, 3.8) is 0 Å². The molecule has 0 bridgehead atoms. The van der Waals surface area contributed by atoms with Gasteiger partial charge in [0.2, 0.25) is 0 Å². The van der Waals surface area contributed by atoms with Crippen molar-refractivity contribution in [2.24, 2.45) is 0 Å². The fourth-order valence-corrected chi connectivity index (χ4v) is 2.66. The molecule has 21 heavy (non-hydrogen) atoms. The minimum Gasteiger partial charge on any atom is -0.370 e. The topological polar surface area (TPSA) is 50.7 Å². The van der Waals surface area contributed by atoms with E-state index < -0.39 is 11.2 Å². The van der Waals surface area contributed by atoms with Crippen LogP contribution in [0.1, 0.15) is 36.5 Å². The van der Waals surface area contributed by atoms with Gasteiger partial charge in [-0.15, -0.1) is 11.3 Å². The van der Waals surface area contributed by atoms with Gasteiger partial charge in [0.05, 0.1) is 10.6 Å². The number of hydrogen-bond acceptors (Lipinski definition) is 5. The molecule has 0 aliphatic heterocycles. The van der Waals surface area contributed by atoms with E-state index in [9.17, 15) is 13.2 Å². The van der Waals surface area contributed by atoms with Crippen molar-refractivity contribution in [1.82, 2.24) is 15.0 Å². The number of anilines is 1. The summed E-state index contributed by atoms with van der Waals surface area (Å²) < 4.78 is 37.9. The Labute approximate surface area is 123 Å². The van der Waals surface area contributed by atoms with Crippen LogP contribution in [0.15, 0.2) is 12.3 Å². The average molecular weight is 314 g/mol. The summed E-state index contributed by atoms with van der Waals surface area (Å²) >= 11 is 0.606. The third-order valence-electron chi connectivity index (χ3n) is 3.04.